The Hall–Kier alpha value is 0.330. The Morgan fingerprint density at radius 3 is 2.50 bits per heavy atom. The summed E-state index contributed by atoms with van der Waals surface area (Å²) < 4.78 is 6.30. The molecule has 66 valence electrons. The molecule has 0 aliphatic rings. The molecule has 0 aromatic heterocycles. The molecule has 1 aromatic rings. The zero-order valence-electron chi connectivity index (χ0n) is 6.40. The fourth-order valence-corrected chi connectivity index (χ4v) is 1.89. The van der Waals surface area contributed by atoms with E-state index < -0.39 is 0 Å². The topological polar surface area (TPSA) is 9.23 Å². The second kappa shape index (κ2) is 4.53. The number of benzene rings is 1. The van der Waals surface area contributed by atoms with Gasteiger partial charge in [0.05, 0.1) is 20.2 Å². The Morgan fingerprint density at radius 2 is 1.92 bits per heavy atom. The maximum Gasteiger partial charge on any atom is 0.134 e. The highest BCUT2D eigenvalue weighted by Gasteiger charge is 2.05. The van der Waals surface area contributed by atoms with E-state index in [-0.39, 0.29) is 0 Å². The third kappa shape index (κ3) is 2.41. The molecule has 0 aliphatic heterocycles. The van der Waals surface area contributed by atoms with Crippen molar-refractivity contribution < 1.29 is 4.74 Å². The van der Waals surface area contributed by atoms with Crippen LogP contribution in [0, 0.1) is 3.57 Å². The van der Waals surface area contributed by atoms with Gasteiger partial charge in [-0.05, 0) is 35.6 Å². The van der Waals surface area contributed by atoms with E-state index in [0.29, 0.717) is 16.7 Å². The van der Waals surface area contributed by atoms with Gasteiger partial charge in [0.15, 0.2) is 0 Å². The second-order valence-electron chi connectivity index (χ2n) is 2.13. The lowest BCUT2D eigenvalue weighted by Gasteiger charge is -2.06. The summed E-state index contributed by atoms with van der Waals surface area (Å²) in [6.45, 7) is 2.56. The molecule has 0 saturated carbocycles. The van der Waals surface area contributed by atoms with Gasteiger partial charge in [0.25, 0.3) is 0 Å². The van der Waals surface area contributed by atoms with Crippen molar-refractivity contribution in [1.29, 1.82) is 0 Å². The van der Waals surface area contributed by atoms with E-state index in [0.717, 1.165) is 9.32 Å². The van der Waals surface area contributed by atoms with Crippen LogP contribution in [0.1, 0.15) is 6.92 Å². The maximum atomic E-state index is 5.81. The van der Waals surface area contributed by atoms with Crippen LogP contribution >= 0.6 is 45.8 Å². The predicted octanol–water partition coefficient (Wildman–Crippen LogP) is 4.00. The van der Waals surface area contributed by atoms with Crippen LogP contribution in [0.2, 0.25) is 10.0 Å². The van der Waals surface area contributed by atoms with E-state index in [1.165, 1.54) is 0 Å². The molecule has 12 heavy (non-hydrogen) atoms. The lowest BCUT2D eigenvalue weighted by Crippen LogP contribution is -1.93. The number of hydrogen-bond acceptors (Lipinski definition) is 1. The lowest BCUT2D eigenvalue weighted by atomic mass is 10.3. The highest BCUT2D eigenvalue weighted by atomic mass is 127. The van der Waals surface area contributed by atoms with Gasteiger partial charge in [-0.1, -0.05) is 23.2 Å². The molecular weight excluding hydrogens is 310 g/mol. The van der Waals surface area contributed by atoms with Gasteiger partial charge in [-0.15, -0.1) is 0 Å². The first-order valence-electron chi connectivity index (χ1n) is 3.42. The van der Waals surface area contributed by atoms with Crippen molar-refractivity contribution in [2.75, 3.05) is 6.61 Å². The molecule has 0 unspecified atom stereocenters. The van der Waals surface area contributed by atoms with Gasteiger partial charge in [-0.2, -0.15) is 0 Å². The largest absolute Gasteiger partial charge is 0.493 e. The molecule has 0 heterocycles. The minimum absolute atomic E-state index is 0.528. The second-order valence-corrected chi connectivity index (χ2v) is 4.11. The van der Waals surface area contributed by atoms with E-state index >= 15 is 0 Å². The summed E-state index contributed by atoms with van der Waals surface area (Å²) in [5.41, 5.74) is 0. The van der Waals surface area contributed by atoms with Crippen LogP contribution in [0.5, 0.6) is 5.75 Å². The Balaban J connectivity index is 3.05. The maximum absolute atomic E-state index is 5.81. The molecule has 1 rings (SSSR count). The SMILES string of the molecule is CCOc1cc(Cl)c(Cl)cc1I. The summed E-state index contributed by atoms with van der Waals surface area (Å²) in [6.07, 6.45) is 0. The van der Waals surface area contributed by atoms with Gasteiger partial charge >= 0.3 is 0 Å². The number of hydrogen-bond donors (Lipinski definition) is 0. The van der Waals surface area contributed by atoms with Crippen LogP contribution in [-0.2, 0) is 0 Å². The summed E-state index contributed by atoms with van der Waals surface area (Å²) in [5, 5.41) is 1.09. The van der Waals surface area contributed by atoms with Gasteiger partial charge in [-0.3, -0.25) is 0 Å². The predicted molar refractivity (Wildman–Crippen MR) is 60.3 cm³/mol. The molecule has 0 spiro atoms. The zero-order chi connectivity index (χ0) is 9.14. The Labute approximate surface area is 95.1 Å². The van der Waals surface area contributed by atoms with E-state index in [1.54, 1.807) is 12.1 Å². The average molecular weight is 317 g/mol. The average Bonchev–Trinajstić information content (AvgIpc) is 2.01. The first-order chi connectivity index (χ1) is 5.65. The van der Waals surface area contributed by atoms with Crippen molar-refractivity contribution in [2.24, 2.45) is 0 Å². The van der Waals surface area contributed by atoms with E-state index in [2.05, 4.69) is 22.6 Å². The normalized spacial score (nSPS) is 10.0. The van der Waals surface area contributed by atoms with Gasteiger partial charge < -0.3 is 4.74 Å². The monoisotopic (exact) mass is 316 g/mol. The van der Waals surface area contributed by atoms with Gasteiger partial charge in [0, 0.05) is 6.07 Å². The summed E-state index contributed by atoms with van der Waals surface area (Å²) in [6, 6.07) is 3.52. The van der Waals surface area contributed by atoms with Gasteiger partial charge in [0.2, 0.25) is 0 Å². The molecule has 0 amide bonds. The van der Waals surface area contributed by atoms with Crippen molar-refractivity contribution >= 4 is 45.8 Å². The quantitative estimate of drug-likeness (QED) is 0.592. The molecule has 0 radical (unpaired) electrons. The Morgan fingerprint density at radius 1 is 1.33 bits per heavy atom. The van der Waals surface area contributed by atoms with Crippen molar-refractivity contribution in [2.45, 2.75) is 6.92 Å². The third-order valence-corrected chi connectivity index (χ3v) is 2.84. The molecule has 0 saturated heterocycles. The fourth-order valence-electron chi connectivity index (χ4n) is 0.770. The molecule has 0 bridgehead atoms. The molecule has 1 nitrogen and oxygen atoms in total. The lowest BCUT2D eigenvalue weighted by molar-refractivity contribution is 0.338. The van der Waals surface area contributed by atoms with Gasteiger partial charge in [0.1, 0.15) is 5.75 Å². The molecule has 0 N–H and O–H groups in total. The summed E-state index contributed by atoms with van der Waals surface area (Å²) in [4.78, 5) is 0. The smallest absolute Gasteiger partial charge is 0.134 e. The van der Waals surface area contributed by atoms with Crippen LogP contribution in [0.15, 0.2) is 12.1 Å². The molecule has 0 fully saturated rings. The third-order valence-electron chi connectivity index (χ3n) is 1.27. The molecule has 4 heteroatoms. The number of ether oxygens (including phenoxy) is 1. The van der Waals surface area contributed by atoms with Crippen LogP contribution in [0.4, 0.5) is 0 Å². The summed E-state index contributed by atoms with van der Waals surface area (Å²) in [5.74, 6) is 0.785. The first-order valence-corrected chi connectivity index (χ1v) is 5.26. The number of halogens is 3. The molecule has 0 aliphatic carbocycles. The minimum atomic E-state index is 0.528. The standard InChI is InChI=1S/C8H7Cl2IO/c1-2-12-8-4-6(10)5(9)3-7(8)11/h3-4H,2H2,1H3. The summed E-state index contributed by atoms with van der Waals surface area (Å²) >= 11 is 13.8. The highest BCUT2D eigenvalue weighted by molar-refractivity contribution is 14.1. The van der Waals surface area contributed by atoms with Crippen LogP contribution in [0.3, 0.4) is 0 Å². The van der Waals surface area contributed by atoms with Crippen molar-refractivity contribution in [3.05, 3.63) is 25.7 Å². The van der Waals surface area contributed by atoms with Crippen LogP contribution < -0.4 is 4.74 Å². The molecule has 1 aromatic carbocycles. The zero-order valence-corrected chi connectivity index (χ0v) is 10.1. The van der Waals surface area contributed by atoms with Crippen molar-refractivity contribution in [3.63, 3.8) is 0 Å². The van der Waals surface area contributed by atoms with Crippen molar-refractivity contribution in [1.82, 2.24) is 0 Å². The first kappa shape index (κ1) is 10.4. The van der Waals surface area contributed by atoms with Crippen LogP contribution in [-0.4, -0.2) is 6.61 Å². The minimum Gasteiger partial charge on any atom is -0.493 e. The highest BCUT2D eigenvalue weighted by Crippen LogP contribution is 2.31. The molecule has 0 atom stereocenters. The van der Waals surface area contributed by atoms with Gasteiger partial charge in [-0.25, -0.2) is 0 Å². The number of rotatable bonds is 2. The van der Waals surface area contributed by atoms with E-state index in [1.807, 2.05) is 6.92 Å². The summed E-state index contributed by atoms with van der Waals surface area (Å²) in [7, 11) is 0. The fraction of sp³-hybridized carbons (Fsp3) is 0.250. The van der Waals surface area contributed by atoms with E-state index in [4.69, 9.17) is 27.9 Å². The molecular formula is C8H7Cl2IO. The Kier molecular flexibility index (Phi) is 3.93. The van der Waals surface area contributed by atoms with Crippen molar-refractivity contribution in [3.8, 4) is 5.75 Å². The van der Waals surface area contributed by atoms with E-state index in [9.17, 15) is 0 Å². The van der Waals surface area contributed by atoms with Crippen LogP contribution in [0.25, 0.3) is 0 Å². The Bertz CT molecular complexity index is 289.